The fourth-order valence-electron chi connectivity index (χ4n) is 2.05. The Morgan fingerprint density at radius 2 is 2.17 bits per heavy atom. The summed E-state index contributed by atoms with van der Waals surface area (Å²) in [6, 6.07) is 3.58. The van der Waals surface area contributed by atoms with E-state index in [0.29, 0.717) is 24.6 Å². The molecule has 0 saturated heterocycles. The molecular weight excluding hydrogens is 311 g/mol. The molecule has 2 heterocycles. The first-order valence-electron chi connectivity index (χ1n) is 6.68. The van der Waals surface area contributed by atoms with Crippen LogP contribution in [0.1, 0.15) is 5.69 Å². The van der Waals surface area contributed by atoms with E-state index in [2.05, 4.69) is 20.0 Å². The molecule has 9 heteroatoms. The average Bonchev–Trinajstić information content (AvgIpc) is 2.98. The molecular formula is C14H12F3N5O. The third kappa shape index (κ3) is 3.68. The van der Waals surface area contributed by atoms with Crippen molar-refractivity contribution in [3.8, 4) is 11.4 Å². The lowest BCUT2D eigenvalue weighted by Crippen LogP contribution is -2.19. The van der Waals surface area contributed by atoms with Gasteiger partial charge >= 0.3 is 6.61 Å². The Labute approximate surface area is 129 Å². The van der Waals surface area contributed by atoms with Gasteiger partial charge in [-0.2, -0.15) is 8.78 Å². The number of ether oxygens (including phenoxy) is 1. The van der Waals surface area contributed by atoms with Crippen LogP contribution in [0.15, 0.2) is 41.7 Å². The third-order valence-electron chi connectivity index (χ3n) is 3.05. The Balaban J connectivity index is 1.77. The van der Waals surface area contributed by atoms with E-state index < -0.39 is 18.2 Å². The van der Waals surface area contributed by atoms with Gasteiger partial charge < -0.3 is 9.64 Å². The number of hydrogen-bond donors (Lipinski definition) is 0. The Hall–Kier alpha value is -2.84. The van der Waals surface area contributed by atoms with Crippen molar-refractivity contribution in [1.29, 1.82) is 0 Å². The molecule has 6 nitrogen and oxygen atoms in total. The minimum Gasteiger partial charge on any atom is -0.432 e. The highest BCUT2D eigenvalue weighted by Gasteiger charge is 2.13. The zero-order chi connectivity index (χ0) is 16.2. The summed E-state index contributed by atoms with van der Waals surface area (Å²) in [5.41, 5.74) is 1.03. The molecule has 0 atom stereocenters. The minimum atomic E-state index is -3.10. The van der Waals surface area contributed by atoms with Crippen LogP contribution >= 0.6 is 0 Å². The molecule has 0 bridgehead atoms. The topological polar surface area (TPSA) is 55.5 Å². The average molecular weight is 323 g/mol. The van der Waals surface area contributed by atoms with Gasteiger partial charge in [-0.05, 0) is 18.2 Å². The van der Waals surface area contributed by atoms with Crippen molar-refractivity contribution in [3.63, 3.8) is 0 Å². The maximum Gasteiger partial charge on any atom is 0.387 e. The van der Waals surface area contributed by atoms with Crippen molar-refractivity contribution < 1.29 is 17.9 Å². The lowest BCUT2D eigenvalue weighted by Gasteiger charge is -2.17. The highest BCUT2D eigenvalue weighted by Crippen LogP contribution is 2.22. The molecule has 1 aliphatic rings. The van der Waals surface area contributed by atoms with Crippen molar-refractivity contribution in [3.05, 3.63) is 48.2 Å². The molecule has 0 amide bonds. The van der Waals surface area contributed by atoms with E-state index in [4.69, 9.17) is 0 Å². The Morgan fingerprint density at radius 1 is 1.30 bits per heavy atom. The summed E-state index contributed by atoms with van der Waals surface area (Å²) in [6.07, 6.45) is 7.02. The van der Waals surface area contributed by atoms with Crippen LogP contribution in [-0.4, -0.2) is 39.4 Å². The summed E-state index contributed by atoms with van der Waals surface area (Å²) in [5.74, 6) is -1.41. The highest BCUT2D eigenvalue weighted by molar-refractivity contribution is 5.71. The second kappa shape index (κ2) is 6.51. The molecule has 1 aromatic carbocycles. The number of allylic oxidation sites excluding steroid dienone is 1. The van der Waals surface area contributed by atoms with Gasteiger partial charge in [-0.3, -0.25) is 4.99 Å². The Morgan fingerprint density at radius 3 is 2.91 bits per heavy atom. The van der Waals surface area contributed by atoms with E-state index in [1.54, 1.807) is 12.4 Å². The molecule has 0 spiro atoms. The van der Waals surface area contributed by atoms with Crippen molar-refractivity contribution in [2.24, 2.45) is 4.99 Å². The molecule has 0 N–H and O–H groups in total. The molecule has 120 valence electrons. The van der Waals surface area contributed by atoms with E-state index in [1.165, 1.54) is 10.7 Å². The van der Waals surface area contributed by atoms with Gasteiger partial charge in [0.15, 0.2) is 11.6 Å². The van der Waals surface area contributed by atoms with Crippen molar-refractivity contribution in [2.45, 2.75) is 13.2 Å². The van der Waals surface area contributed by atoms with Crippen LogP contribution in [-0.2, 0) is 6.54 Å². The van der Waals surface area contributed by atoms with Crippen LogP contribution in [0, 0.1) is 5.82 Å². The zero-order valence-electron chi connectivity index (χ0n) is 11.8. The zero-order valence-corrected chi connectivity index (χ0v) is 11.8. The molecule has 1 aliphatic heterocycles. The normalized spacial score (nSPS) is 13.8. The highest BCUT2D eigenvalue weighted by atomic mass is 19.3. The van der Waals surface area contributed by atoms with Gasteiger partial charge in [-0.25, -0.2) is 9.07 Å². The van der Waals surface area contributed by atoms with Gasteiger partial charge in [0.1, 0.15) is 12.4 Å². The summed E-state index contributed by atoms with van der Waals surface area (Å²) in [5, 5.41) is 7.92. The lowest BCUT2D eigenvalue weighted by molar-refractivity contribution is -0.0521. The lowest BCUT2D eigenvalue weighted by atomic mass is 10.3. The van der Waals surface area contributed by atoms with Crippen molar-refractivity contribution >= 4 is 6.21 Å². The Bertz CT molecular complexity index is 744. The van der Waals surface area contributed by atoms with Gasteiger partial charge in [0.05, 0.1) is 18.4 Å². The largest absolute Gasteiger partial charge is 0.432 e. The van der Waals surface area contributed by atoms with Gasteiger partial charge in [0.2, 0.25) is 0 Å². The van der Waals surface area contributed by atoms with Gasteiger partial charge in [0.25, 0.3) is 0 Å². The molecule has 0 aliphatic carbocycles. The summed E-state index contributed by atoms with van der Waals surface area (Å²) in [4.78, 5) is 6.02. The fourth-order valence-corrected chi connectivity index (χ4v) is 2.05. The van der Waals surface area contributed by atoms with Gasteiger partial charge in [0, 0.05) is 18.5 Å². The maximum atomic E-state index is 13.4. The first kappa shape index (κ1) is 15.1. The summed E-state index contributed by atoms with van der Waals surface area (Å²) >= 11 is 0. The van der Waals surface area contributed by atoms with Crippen LogP contribution in [0.25, 0.3) is 5.69 Å². The molecule has 23 heavy (non-hydrogen) atoms. The number of aromatic nitrogens is 3. The number of hydrogen-bond acceptors (Lipinski definition) is 5. The first-order chi connectivity index (χ1) is 11.1. The number of alkyl halides is 2. The molecule has 1 aromatic heterocycles. The smallest absolute Gasteiger partial charge is 0.387 e. The second-order valence-corrected chi connectivity index (χ2v) is 4.71. The number of halogens is 3. The number of nitrogens with zero attached hydrogens (tertiary/aromatic N) is 5. The van der Waals surface area contributed by atoms with E-state index >= 15 is 0 Å². The van der Waals surface area contributed by atoms with Gasteiger partial charge in [-0.1, -0.05) is 5.21 Å². The molecule has 0 saturated carbocycles. The van der Waals surface area contributed by atoms with Crippen LogP contribution in [0.3, 0.4) is 0 Å². The predicted octanol–water partition coefficient (Wildman–Crippen LogP) is 2.37. The second-order valence-electron chi connectivity index (χ2n) is 4.71. The molecule has 3 rings (SSSR count). The van der Waals surface area contributed by atoms with Crippen LogP contribution in [0.2, 0.25) is 0 Å². The summed E-state index contributed by atoms with van der Waals surface area (Å²) < 4.78 is 43.4. The number of benzene rings is 1. The van der Waals surface area contributed by atoms with Gasteiger partial charge in [-0.15, -0.1) is 5.10 Å². The van der Waals surface area contributed by atoms with Crippen molar-refractivity contribution in [2.75, 3.05) is 6.67 Å². The SMILES string of the molecule is Fc1ccc(-n2cc(CN3C=CC=NC3)nn2)cc1OC(F)F. The monoisotopic (exact) mass is 323 g/mol. The molecule has 2 aromatic rings. The van der Waals surface area contributed by atoms with E-state index in [-0.39, 0.29) is 0 Å². The molecule has 0 fully saturated rings. The molecule has 0 radical (unpaired) electrons. The quantitative estimate of drug-likeness (QED) is 0.848. The Kier molecular flexibility index (Phi) is 4.26. The van der Waals surface area contributed by atoms with Crippen LogP contribution in [0.5, 0.6) is 5.75 Å². The van der Waals surface area contributed by atoms with E-state index in [1.807, 2.05) is 17.2 Å². The first-order valence-corrected chi connectivity index (χ1v) is 6.68. The van der Waals surface area contributed by atoms with Crippen molar-refractivity contribution in [1.82, 2.24) is 19.9 Å². The minimum absolute atomic E-state index is 0.369. The predicted molar refractivity (Wildman–Crippen MR) is 76.0 cm³/mol. The van der Waals surface area contributed by atoms with Crippen LogP contribution < -0.4 is 4.74 Å². The fraction of sp³-hybridized carbons (Fsp3) is 0.214. The summed E-state index contributed by atoms with van der Waals surface area (Å²) in [7, 11) is 0. The van der Waals surface area contributed by atoms with Crippen LogP contribution in [0.4, 0.5) is 13.2 Å². The van der Waals surface area contributed by atoms with E-state index in [9.17, 15) is 13.2 Å². The molecule has 0 unspecified atom stereocenters. The maximum absolute atomic E-state index is 13.4. The standard InChI is InChI=1S/C14H12F3N5O/c15-12-3-2-11(6-13(12)23-14(16)17)22-8-10(19-20-22)7-21-5-1-4-18-9-21/h1-6,8,14H,7,9H2. The van der Waals surface area contributed by atoms with E-state index in [0.717, 1.165) is 12.1 Å². The third-order valence-corrected chi connectivity index (χ3v) is 3.05. The number of aliphatic imine (C=N–C) groups is 1. The summed E-state index contributed by atoms with van der Waals surface area (Å²) in [6.45, 7) is -2.08. The number of rotatable bonds is 5.